The molecule has 1 atom stereocenters. The van der Waals surface area contributed by atoms with Gasteiger partial charge in [-0.3, -0.25) is 4.90 Å². The van der Waals surface area contributed by atoms with Gasteiger partial charge in [0.25, 0.3) is 0 Å². The second-order valence-electron chi connectivity index (χ2n) is 5.89. The van der Waals surface area contributed by atoms with Crippen LogP contribution in [0.5, 0.6) is 0 Å². The van der Waals surface area contributed by atoms with Crippen LogP contribution in [0, 0.1) is 5.92 Å². The Morgan fingerprint density at radius 3 is 2.43 bits per heavy atom. The minimum absolute atomic E-state index is 0.683. The van der Waals surface area contributed by atoms with Crippen LogP contribution in [0.2, 0.25) is 0 Å². The Balaban J connectivity index is 1.57. The lowest BCUT2D eigenvalue weighted by molar-refractivity contribution is 0.189. The summed E-state index contributed by atoms with van der Waals surface area (Å²) in [7, 11) is 0. The van der Waals surface area contributed by atoms with Crippen molar-refractivity contribution in [3.05, 3.63) is 77.9 Å². The molecule has 0 radical (unpaired) electrons. The maximum absolute atomic E-state index is 2.58. The summed E-state index contributed by atoms with van der Waals surface area (Å²) in [5, 5.41) is 0. The van der Waals surface area contributed by atoms with Crippen LogP contribution in [0.1, 0.15) is 24.0 Å². The average Bonchev–Trinajstić information content (AvgIpc) is 2.55. The minimum atomic E-state index is 0.683. The van der Waals surface area contributed by atoms with E-state index < -0.39 is 0 Å². The van der Waals surface area contributed by atoms with Crippen LogP contribution in [-0.2, 0) is 6.54 Å². The normalized spacial score (nSPS) is 19.9. The second kappa shape index (κ2) is 7.24. The molecule has 0 spiro atoms. The van der Waals surface area contributed by atoms with E-state index in [1.54, 1.807) is 0 Å². The van der Waals surface area contributed by atoms with Crippen LogP contribution >= 0.6 is 0 Å². The molecule has 1 heteroatoms. The van der Waals surface area contributed by atoms with Crippen molar-refractivity contribution in [2.45, 2.75) is 19.4 Å². The molecule has 21 heavy (non-hydrogen) atoms. The summed E-state index contributed by atoms with van der Waals surface area (Å²) < 4.78 is 0. The van der Waals surface area contributed by atoms with Gasteiger partial charge in [-0.2, -0.15) is 0 Å². The highest BCUT2D eigenvalue weighted by Gasteiger charge is 2.17. The first-order valence-corrected chi connectivity index (χ1v) is 7.90. The highest BCUT2D eigenvalue weighted by Crippen LogP contribution is 2.20. The van der Waals surface area contributed by atoms with E-state index >= 15 is 0 Å². The maximum Gasteiger partial charge on any atom is 0.0233 e. The molecule has 1 aliphatic rings. The molecule has 1 saturated heterocycles. The predicted molar refractivity (Wildman–Crippen MR) is 89.9 cm³/mol. The summed E-state index contributed by atoms with van der Waals surface area (Å²) in [6.07, 6.45) is 7.29. The topological polar surface area (TPSA) is 3.24 Å². The number of nitrogens with zero attached hydrogens (tertiary/aromatic N) is 1. The molecular formula is C20H23N. The lowest BCUT2D eigenvalue weighted by atomic mass is 9.96. The molecule has 1 unspecified atom stereocenters. The Bertz CT molecular complexity index is 559. The highest BCUT2D eigenvalue weighted by molar-refractivity contribution is 5.49. The van der Waals surface area contributed by atoms with Gasteiger partial charge in [0.2, 0.25) is 0 Å². The molecule has 1 heterocycles. The van der Waals surface area contributed by atoms with Crippen molar-refractivity contribution in [2.75, 3.05) is 13.1 Å². The molecule has 0 amide bonds. The third-order valence-corrected chi connectivity index (χ3v) is 4.15. The van der Waals surface area contributed by atoms with Crippen molar-refractivity contribution in [2.24, 2.45) is 5.92 Å². The average molecular weight is 277 g/mol. The van der Waals surface area contributed by atoms with Gasteiger partial charge < -0.3 is 0 Å². The number of likely N-dealkylation sites (tertiary alicyclic amines) is 1. The lowest BCUT2D eigenvalue weighted by Crippen LogP contribution is -2.34. The van der Waals surface area contributed by atoms with E-state index in [-0.39, 0.29) is 0 Å². The third kappa shape index (κ3) is 4.30. The van der Waals surface area contributed by atoms with Crippen LogP contribution in [0.15, 0.2) is 66.7 Å². The molecule has 108 valence electrons. The van der Waals surface area contributed by atoms with Crippen LogP contribution < -0.4 is 0 Å². The Labute approximate surface area is 127 Å². The van der Waals surface area contributed by atoms with E-state index in [0.29, 0.717) is 5.92 Å². The summed E-state index contributed by atoms with van der Waals surface area (Å²) >= 11 is 0. The monoisotopic (exact) mass is 277 g/mol. The van der Waals surface area contributed by atoms with E-state index in [9.17, 15) is 0 Å². The molecule has 0 aromatic heterocycles. The standard InChI is InChI=1S/C20H23N/c1-3-8-18(9-4-1)13-14-20-12-7-15-21(17-20)16-19-10-5-2-6-11-19/h1-6,8-11,13-14,20H,7,12,15-17H2/b14-13+. The zero-order chi connectivity index (χ0) is 14.3. The number of rotatable bonds is 4. The van der Waals surface area contributed by atoms with Gasteiger partial charge in [0.1, 0.15) is 0 Å². The molecule has 0 aliphatic carbocycles. The van der Waals surface area contributed by atoms with Crippen LogP contribution in [0.3, 0.4) is 0 Å². The highest BCUT2D eigenvalue weighted by atomic mass is 15.1. The molecule has 1 nitrogen and oxygen atoms in total. The fourth-order valence-corrected chi connectivity index (χ4v) is 3.04. The van der Waals surface area contributed by atoms with E-state index in [1.807, 2.05) is 0 Å². The van der Waals surface area contributed by atoms with Crippen LogP contribution in [-0.4, -0.2) is 18.0 Å². The molecule has 1 aliphatic heterocycles. The van der Waals surface area contributed by atoms with E-state index in [4.69, 9.17) is 0 Å². The summed E-state index contributed by atoms with van der Waals surface area (Å²) in [6, 6.07) is 21.4. The number of piperidine rings is 1. The van der Waals surface area contributed by atoms with Gasteiger partial charge in [0.05, 0.1) is 0 Å². The first-order chi connectivity index (χ1) is 10.4. The molecule has 2 aromatic rings. The Hall–Kier alpha value is -1.86. The van der Waals surface area contributed by atoms with Gasteiger partial charge in [0.15, 0.2) is 0 Å². The van der Waals surface area contributed by atoms with Gasteiger partial charge in [-0.05, 0) is 36.4 Å². The minimum Gasteiger partial charge on any atom is -0.299 e. The van der Waals surface area contributed by atoms with E-state index in [1.165, 1.54) is 37.1 Å². The fourth-order valence-electron chi connectivity index (χ4n) is 3.04. The van der Waals surface area contributed by atoms with Gasteiger partial charge >= 0.3 is 0 Å². The van der Waals surface area contributed by atoms with E-state index in [0.717, 1.165) is 6.54 Å². The summed E-state index contributed by atoms with van der Waals surface area (Å²) in [5.41, 5.74) is 2.72. The summed E-state index contributed by atoms with van der Waals surface area (Å²) in [4.78, 5) is 2.58. The van der Waals surface area contributed by atoms with Crippen molar-refractivity contribution in [1.29, 1.82) is 0 Å². The van der Waals surface area contributed by atoms with Crippen molar-refractivity contribution in [3.8, 4) is 0 Å². The maximum atomic E-state index is 2.58. The van der Waals surface area contributed by atoms with Gasteiger partial charge in [-0.25, -0.2) is 0 Å². The summed E-state index contributed by atoms with van der Waals surface area (Å²) in [5.74, 6) is 0.683. The van der Waals surface area contributed by atoms with Crippen molar-refractivity contribution in [3.63, 3.8) is 0 Å². The molecule has 0 N–H and O–H groups in total. The smallest absolute Gasteiger partial charge is 0.0233 e. The Kier molecular flexibility index (Phi) is 4.86. The number of benzene rings is 2. The molecule has 2 aromatic carbocycles. The quantitative estimate of drug-likeness (QED) is 0.788. The molecular weight excluding hydrogens is 254 g/mol. The zero-order valence-corrected chi connectivity index (χ0v) is 12.5. The molecule has 1 fully saturated rings. The van der Waals surface area contributed by atoms with Crippen molar-refractivity contribution < 1.29 is 0 Å². The molecule has 3 rings (SSSR count). The van der Waals surface area contributed by atoms with E-state index in [2.05, 4.69) is 77.7 Å². The van der Waals surface area contributed by atoms with Crippen molar-refractivity contribution in [1.82, 2.24) is 4.90 Å². The Morgan fingerprint density at radius 2 is 1.67 bits per heavy atom. The largest absolute Gasteiger partial charge is 0.299 e. The summed E-state index contributed by atoms with van der Waals surface area (Å²) in [6.45, 7) is 3.49. The zero-order valence-electron chi connectivity index (χ0n) is 12.5. The van der Waals surface area contributed by atoms with Gasteiger partial charge in [0, 0.05) is 13.1 Å². The first kappa shape index (κ1) is 14.1. The van der Waals surface area contributed by atoms with Gasteiger partial charge in [-0.1, -0.05) is 72.8 Å². The number of hydrogen-bond acceptors (Lipinski definition) is 1. The van der Waals surface area contributed by atoms with Crippen LogP contribution in [0.25, 0.3) is 6.08 Å². The van der Waals surface area contributed by atoms with Crippen molar-refractivity contribution >= 4 is 6.08 Å². The molecule has 0 bridgehead atoms. The first-order valence-electron chi connectivity index (χ1n) is 7.90. The predicted octanol–water partition coefficient (Wildman–Crippen LogP) is 4.61. The lowest BCUT2D eigenvalue weighted by Gasteiger charge is -2.31. The third-order valence-electron chi connectivity index (χ3n) is 4.15. The fraction of sp³-hybridized carbons (Fsp3) is 0.300. The number of hydrogen-bond donors (Lipinski definition) is 0. The second-order valence-corrected chi connectivity index (χ2v) is 5.89. The van der Waals surface area contributed by atoms with Gasteiger partial charge in [-0.15, -0.1) is 0 Å². The van der Waals surface area contributed by atoms with Crippen LogP contribution in [0.4, 0.5) is 0 Å². The molecule has 0 saturated carbocycles. The Morgan fingerprint density at radius 1 is 0.952 bits per heavy atom. The SMILES string of the molecule is C(=C\C1CCCN(Cc2ccccc2)C1)/c1ccccc1.